The van der Waals surface area contributed by atoms with Gasteiger partial charge in [0, 0.05) is 5.56 Å². The number of aliphatic hydroxyl groups excluding tert-OH is 1. The van der Waals surface area contributed by atoms with Gasteiger partial charge in [-0.1, -0.05) is 0 Å². The van der Waals surface area contributed by atoms with Crippen LogP contribution in [0, 0.1) is 0 Å². The average molecular weight is 208 g/mol. The van der Waals surface area contributed by atoms with Crippen LogP contribution in [0.1, 0.15) is 22.0 Å². The lowest BCUT2D eigenvalue weighted by Crippen LogP contribution is -2.03. The van der Waals surface area contributed by atoms with Gasteiger partial charge in [0.2, 0.25) is 6.79 Å². The molecule has 0 fully saturated rings. The molecule has 0 spiro atoms. The second kappa shape index (κ2) is 2.87. The predicted molar refractivity (Wildman–Crippen MR) is 47.8 cm³/mol. The van der Waals surface area contributed by atoms with Crippen molar-refractivity contribution in [1.82, 2.24) is 0 Å². The Balaban J connectivity index is 2.15. The fourth-order valence-corrected chi connectivity index (χ4v) is 1.79. The van der Waals surface area contributed by atoms with Crippen molar-refractivity contribution in [2.75, 3.05) is 13.4 Å². The molecule has 5 nitrogen and oxygen atoms in total. The standard InChI is InChI=1S/C10H8O5/c11-3-9-5-1-7-8(14-4-13-7)2-6(5)10(12)15-9/h1-2,9,11H,3-4H2/t9-/m0/s1. The third-order valence-corrected chi connectivity index (χ3v) is 2.53. The maximum Gasteiger partial charge on any atom is 0.339 e. The molecule has 1 aromatic rings. The summed E-state index contributed by atoms with van der Waals surface area (Å²) in [7, 11) is 0. The SMILES string of the molecule is O=C1O[C@@H](CO)c2cc3c(cc21)OCO3. The molecule has 3 rings (SSSR count). The Morgan fingerprint density at radius 2 is 2.07 bits per heavy atom. The number of hydrogen-bond donors (Lipinski definition) is 1. The minimum Gasteiger partial charge on any atom is -0.454 e. The molecule has 78 valence electrons. The summed E-state index contributed by atoms with van der Waals surface area (Å²) in [5, 5.41) is 9.03. The second-order valence-electron chi connectivity index (χ2n) is 3.37. The van der Waals surface area contributed by atoms with E-state index >= 15 is 0 Å². The van der Waals surface area contributed by atoms with E-state index in [1.165, 1.54) is 0 Å². The van der Waals surface area contributed by atoms with Crippen LogP contribution in [0.3, 0.4) is 0 Å². The van der Waals surface area contributed by atoms with E-state index in [-0.39, 0.29) is 13.4 Å². The molecule has 1 aromatic carbocycles. The van der Waals surface area contributed by atoms with Crippen LogP contribution in [0.5, 0.6) is 11.5 Å². The number of aliphatic hydroxyl groups is 1. The minimum atomic E-state index is -0.581. The van der Waals surface area contributed by atoms with Crippen LogP contribution < -0.4 is 9.47 Å². The van der Waals surface area contributed by atoms with Gasteiger partial charge < -0.3 is 19.3 Å². The topological polar surface area (TPSA) is 65.0 Å². The van der Waals surface area contributed by atoms with E-state index in [4.69, 9.17) is 19.3 Å². The van der Waals surface area contributed by atoms with Crippen LogP contribution in [0.15, 0.2) is 12.1 Å². The van der Waals surface area contributed by atoms with Crippen molar-refractivity contribution < 1.29 is 24.1 Å². The summed E-state index contributed by atoms with van der Waals surface area (Å²) in [6.07, 6.45) is -0.581. The first-order valence-electron chi connectivity index (χ1n) is 4.55. The highest BCUT2D eigenvalue weighted by molar-refractivity contribution is 5.95. The Labute approximate surface area is 85.2 Å². The number of ether oxygens (including phenoxy) is 3. The van der Waals surface area contributed by atoms with E-state index in [1.54, 1.807) is 12.1 Å². The Kier molecular flexibility index (Phi) is 1.63. The largest absolute Gasteiger partial charge is 0.454 e. The summed E-state index contributed by atoms with van der Waals surface area (Å²) in [5.74, 6) is 0.706. The van der Waals surface area contributed by atoms with Crippen molar-refractivity contribution in [3.63, 3.8) is 0 Å². The van der Waals surface area contributed by atoms with Crippen LogP contribution in [-0.4, -0.2) is 24.5 Å². The Hall–Kier alpha value is -1.75. The molecule has 0 bridgehead atoms. The number of hydrogen-bond acceptors (Lipinski definition) is 5. The predicted octanol–water partition coefficient (Wildman–Crippen LogP) is 0.619. The van der Waals surface area contributed by atoms with Crippen molar-refractivity contribution in [1.29, 1.82) is 0 Å². The second-order valence-corrected chi connectivity index (χ2v) is 3.37. The lowest BCUT2D eigenvalue weighted by Gasteiger charge is -2.05. The third kappa shape index (κ3) is 1.10. The molecule has 0 radical (unpaired) electrons. The first kappa shape index (κ1) is 8.55. The van der Waals surface area contributed by atoms with Gasteiger partial charge in [0.25, 0.3) is 0 Å². The molecule has 1 atom stereocenters. The quantitative estimate of drug-likeness (QED) is 0.685. The van der Waals surface area contributed by atoms with Crippen LogP contribution in [0.2, 0.25) is 0 Å². The Bertz CT molecular complexity index is 440. The monoisotopic (exact) mass is 208 g/mol. The summed E-state index contributed by atoms with van der Waals surface area (Å²) in [4.78, 5) is 11.4. The molecule has 1 N–H and O–H groups in total. The molecule has 2 aliphatic rings. The van der Waals surface area contributed by atoms with Gasteiger partial charge in [-0.25, -0.2) is 4.79 Å². The number of carbonyl (C=O) groups excluding carboxylic acids is 1. The molecule has 0 aromatic heterocycles. The summed E-state index contributed by atoms with van der Waals surface area (Å²) in [6, 6.07) is 3.28. The van der Waals surface area contributed by atoms with E-state index in [1.807, 2.05) is 0 Å². The summed E-state index contributed by atoms with van der Waals surface area (Å²) >= 11 is 0. The van der Waals surface area contributed by atoms with Gasteiger partial charge in [0.1, 0.15) is 0 Å². The van der Waals surface area contributed by atoms with Gasteiger partial charge >= 0.3 is 5.97 Å². The van der Waals surface area contributed by atoms with Gasteiger partial charge in [-0.2, -0.15) is 0 Å². The zero-order valence-electron chi connectivity index (χ0n) is 7.73. The highest BCUT2D eigenvalue weighted by Gasteiger charge is 2.33. The van der Waals surface area contributed by atoms with Crippen molar-refractivity contribution in [3.05, 3.63) is 23.3 Å². The molecule has 0 amide bonds. The number of carbonyl (C=O) groups is 1. The molecule has 2 aliphatic heterocycles. The van der Waals surface area contributed by atoms with Gasteiger partial charge in [0.05, 0.1) is 12.2 Å². The van der Waals surface area contributed by atoms with Crippen molar-refractivity contribution >= 4 is 5.97 Å². The van der Waals surface area contributed by atoms with Crippen LogP contribution in [-0.2, 0) is 4.74 Å². The average Bonchev–Trinajstić information content (AvgIpc) is 2.81. The first-order valence-corrected chi connectivity index (χ1v) is 4.55. The Morgan fingerprint density at radius 3 is 2.80 bits per heavy atom. The van der Waals surface area contributed by atoms with E-state index in [9.17, 15) is 4.79 Å². The highest BCUT2D eigenvalue weighted by Crippen LogP contribution is 2.40. The molecular weight excluding hydrogens is 200 g/mol. The third-order valence-electron chi connectivity index (χ3n) is 2.53. The lowest BCUT2D eigenvalue weighted by atomic mass is 10.0. The summed E-state index contributed by atoms with van der Waals surface area (Å²) < 4.78 is 15.3. The Morgan fingerprint density at radius 1 is 1.33 bits per heavy atom. The number of benzene rings is 1. The minimum absolute atomic E-state index is 0.164. The normalized spacial score (nSPS) is 21.4. The van der Waals surface area contributed by atoms with Gasteiger partial charge in [-0.05, 0) is 12.1 Å². The number of rotatable bonds is 1. The van der Waals surface area contributed by atoms with Crippen LogP contribution >= 0.6 is 0 Å². The van der Waals surface area contributed by atoms with E-state index in [2.05, 4.69) is 0 Å². The van der Waals surface area contributed by atoms with E-state index < -0.39 is 12.1 Å². The van der Waals surface area contributed by atoms with Gasteiger partial charge in [-0.3, -0.25) is 0 Å². The number of fused-ring (bicyclic) bond motifs is 2. The number of cyclic esters (lactones) is 1. The summed E-state index contributed by atoms with van der Waals surface area (Å²) in [6.45, 7) is -0.0601. The van der Waals surface area contributed by atoms with Gasteiger partial charge in [0.15, 0.2) is 17.6 Å². The van der Waals surface area contributed by atoms with E-state index in [0.29, 0.717) is 22.6 Å². The first-order chi connectivity index (χ1) is 7.29. The van der Waals surface area contributed by atoms with Crippen molar-refractivity contribution in [3.8, 4) is 11.5 Å². The molecule has 0 saturated carbocycles. The van der Waals surface area contributed by atoms with Crippen LogP contribution in [0.4, 0.5) is 0 Å². The molecule has 0 unspecified atom stereocenters. The zero-order chi connectivity index (χ0) is 10.4. The highest BCUT2D eigenvalue weighted by atomic mass is 16.7. The maximum absolute atomic E-state index is 11.4. The molecule has 0 aliphatic carbocycles. The number of esters is 1. The lowest BCUT2D eigenvalue weighted by molar-refractivity contribution is 0.0234. The molecule has 0 saturated heterocycles. The van der Waals surface area contributed by atoms with E-state index in [0.717, 1.165) is 0 Å². The fourth-order valence-electron chi connectivity index (χ4n) is 1.79. The molecule has 2 heterocycles. The van der Waals surface area contributed by atoms with Crippen molar-refractivity contribution in [2.24, 2.45) is 0 Å². The molecular formula is C10H8O5. The fraction of sp³-hybridized carbons (Fsp3) is 0.300. The van der Waals surface area contributed by atoms with Gasteiger partial charge in [-0.15, -0.1) is 0 Å². The summed E-state index contributed by atoms with van der Waals surface area (Å²) in [5.41, 5.74) is 1.10. The molecule has 15 heavy (non-hydrogen) atoms. The van der Waals surface area contributed by atoms with Crippen molar-refractivity contribution in [2.45, 2.75) is 6.10 Å². The zero-order valence-corrected chi connectivity index (χ0v) is 7.73. The maximum atomic E-state index is 11.4. The van der Waals surface area contributed by atoms with Crippen LogP contribution in [0.25, 0.3) is 0 Å². The molecule has 5 heteroatoms. The smallest absolute Gasteiger partial charge is 0.339 e.